The van der Waals surface area contributed by atoms with Crippen molar-refractivity contribution in [3.63, 3.8) is 0 Å². The van der Waals surface area contributed by atoms with Crippen molar-refractivity contribution in [2.24, 2.45) is 5.92 Å². The van der Waals surface area contributed by atoms with E-state index in [1.807, 2.05) is 0 Å². The van der Waals surface area contributed by atoms with Gasteiger partial charge in [0, 0.05) is 12.1 Å². The maximum Gasteiger partial charge on any atom is 0.269 e. The fourth-order valence-electron chi connectivity index (χ4n) is 1.98. The van der Waals surface area contributed by atoms with Gasteiger partial charge in [0.25, 0.3) is 5.91 Å². The zero-order valence-corrected chi connectivity index (χ0v) is 14.2. The standard InChI is InChI=1S/C16H23F2N3OS/c1-3-4-5-6-11(2)10-19-16(23)21-20-15(22)12-7-8-13(17)14(18)9-12/h7-9,11H,3-6,10H2,1-2H3,(H,20,22)(H2,19,21,23)/t11-/m1/s1. The van der Waals surface area contributed by atoms with Crippen molar-refractivity contribution < 1.29 is 13.6 Å². The minimum Gasteiger partial charge on any atom is -0.361 e. The quantitative estimate of drug-likeness (QED) is 0.404. The summed E-state index contributed by atoms with van der Waals surface area (Å²) < 4.78 is 25.9. The first kappa shape index (κ1) is 19.3. The van der Waals surface area contributed by atoms with E-state index in [0.29, 0.717) is 12.5 Å². The summed E-state index contributed by atoms with van der Waals surface area (Å²) in [7, 11) is 0. The Balaban J connectivity index is 2.29. The van der Waals surface area contributed by atoms with E-state index in [2.05, 4.69) is 30.0 Å². The fourth-order valence-corrected chi connectivity index (χ4v) is 2.11. The summed E-state index contributed by atoms with van der Waals surface area (Å²) in [6.45, 7) is 5.00. The Labute approximate surface area is 141 Å². The van der Waals surface area contributed by atoms with E-state index in [1.54, 1.807) is 0 Å². The van der Waals surface area contributed by atoms with Crippen LogP contribution < -0.4 is 16.2 Å². The third-order valence-electron chi connectivity index (χ3n) is 3.38. The smallest absolute Gasteiger partial charge is 0.269 e. The number of halogens is 2. The lowest BCUT2D eigenvalue weighted by atomic mass is 10.0. The van der Waals surface area contributed by atoms with Crippen LogP contribution in [0, 0.1) is 17.6 Å². The van der Waals surface area contributed by atoms with Gasteiger partial charge in [0.15, 0.2) is 16.7 Å². The molecule has 0 bridgehead atoms. The van der Waals surface area contributed by atoms with Crippen molar-refractivity contribution in [1.82, 2.24) is 16.2 Å². The van der Waals surface area contributed by atoms with Crippen LogP contribution in [0.4, 0.5) is 8.78 Å². The Bertz CT molecular complexity index is 540. The van der Waals surface area contributed by atoms with Gasteiger partial charge in [-0.1, -0.05) is 33.1 Å². The van der Waals surface area contributed by atoms with Crippen LogP contribution in [-0.2, 0) is 0 Å². The Morgan fingerprint density at radius 1 is 1.22 bits per heavy atom. The number of rotatable bonds is 7. The van der Waals surface area contributed by atoms with Crippen molar-refractivity contribution in [2.75, 3.05) is 6.54 Å². The highest BCUT2D eigenvalue weighted by Gasteiger charge is 2.10. The summed E-state index contributed by atoms with van der Waals surface area (Å²) in [6.07, 6.45) is 4.71. The molecule has 1 amide bonds. The number of hydrogen-bond donors (Lipinski definition) is 3. The van der Waals surface area contributed by atoms with Crippen molar-refractivity contribution >= 4 is 23.2 Å². The second kappa shape index (κ2) is 10.1. The van der Waals surface area contributed by atoms with E-state index in [1.165, 1.54) is 25.3 Å². The number of benzene rings is 1. The molecule has 1 atom stereocenters. The highest BCUT2D eigenvalue weighted by atomic mass is 32.1. The molecule has 1 aromatic rings. The van der Waals surface area contributed by atoms with Gasteiger partial charge in [-0.05, 0) is 42.8 Å². The molecule has 128 valence electrons. The van der Waals surface area contributed by atoms with Crippen molar-refractivity contribution in [3.05, 3.63) is 35.4 Å². The molecule has 4 nitrogen and oxygen atoms in total. The van der Waals surface area contributed by atoms with Gasteiger partial charge in [0.05, 0.1) is 0 Å². The second-order valence-electron chi connectivity index (χ2n) is 5.52. The summed E-state index contributed by atoms with van der Waals surface area (Å²) in [6, 6.07) is 2.93. The average Bonchev–Trinajstić information content (AvgIpc) is 2.53. The summed E-state index contributed by atoms with van der Waals surface area (Å²) in [4.78, 5) is 11.8. The SMILES string of the molecule is CCCCC[C@@H](C)CNC(=S)NNC(=O)c1ccc(F)c(F)c1. The van der Waals surface area contributed by atoms with E-state index < -0.39 is 17.5 Å². The number of carbonyl (C=O) groups is 1. The van der Waals surface area contributed by atoms with Crippen molar-refractivity contribution in [1.29, 1.82) is 0 Å². The van der Waals surface area contributed by atoms with Crippen LogP contribution in [0.1, 0.15) is 49.9 Å². The fraction of sp³-hybridized carbons (Fsp3) is 0.500. The lowest BCUT2D eigenvalue weighted by Crippen LogP contribution is -2.47. The van der Waals surface area contributed by atoms with Gasteiger partial charge in [-0.15, -0.1) is 0 Å². The van der Waals surface area contributed by atoms with Gasteiger partial charge < -0.3 is 5.32 Å². The lowest BCUT2D eigenvalue weighted by Gasteiger charge is -2.15. The zero-order chi connectivity index (χ0) is 17.2. The minimum absolute atomic E-state index is 0.00661. The zero-order valence-electron chi connectivity index (χ0n) is 13.4. The van der Waals surface area contributed by atoms with E-state index in [9.17, 15) is 13.6 Å². The summed E-state index contributed by atoms with van der Waals surface area (Å²) in [5.74, 6) is -2.18. The van der Waals surface area contributed by atoms with Gasteiger partial charge in [-0.3, -0.25) is 15.6 Å². The van der Waals surface area contributed by atoms with Gasteiger partial charge in [0.2, 0.25) is 0 Å². The molecule has 3 N–H and O–H groups in total. The number of unbranched alkanes of at least 4 members (excludes halogenated alkanes) is 2. The van der Waals surface area contributed by atoms with Gasteiger partial charge >= 0.3 is 0 Å². The normalized spacial score (nSPS) is 11.7. The molecule has 0 spiro atoms. The molecule has 1 rings (SSSR count). The number of carbonyl (C=O) groups excluding carboxylic acids is 1. The predicted molar refractivity (Wildman–Crippen MR) is 90.9 cm³/mol. The number of hydrogen-bond acceptors (Lipinski definition) is 2. The van der Waals surface area contributed by atoms with Crippen LogP contribution in [0.5, 0.6) is 0 Å². The van der Waals surface area contributed by atoms with E-state index >= 15 is 0 Å². The molecule has 7 heteroatoms. The van der Waals surface area contributed by atoms with E-state index in [4.69, 9.17) is 12.2 Å². The first-order valence-corrected chi connectivity index (χ1v) is 8.14. The number of thiocarbonyl (C=S) groups is 1. The minimum atomic E-state index is -1.07. The first-order chi connectivity index (χ1) is 10.9. The Kier molecular flexibility index (Phi) is 8.47. The number of amides is 1. The molecular formula is C16H23F2N3OS. The molecule has 23 heavy (non-hydrogen) atoms. The maximum atomic E-state index is 13.1. The van der Waals surface area contributed by atoms with Crippen molar-refractivity contribution in [2.45, 2.75) is 39.5 Å². The summed E-state index contributed by atoms with van der Waals surface area (Å²) >= 11 is 5.05. The van der Waals surface area contributed by atoms with E-state index in [-0.39, 0.29) is 10.7 Å². The Morgan fingerprint density at radius 2 is 1.96 bits per heavy atom. The van der Waals surface area contributed by atoms with Gasteiger partial charge in [-0.25, -0.2) is 8.78 Å². The highest BCUT2D eigenvalue weighted by molar-refractivity contribution is 7.80. The van der Waals surface area contributed by atoms with Crippen LogP contribution in [0.15, 0.2) is 18.2 Å². The van der Waals surface area contributed by atoms with Crippen molar-refractivity contribution in [3.8, 4) is 0 Å². The third kappa shape index (κ3) is 7.36. The maximum absolute atomic E-state index is 13.1. The van der Waals surface area contributed by atoms with Crippen LogP contribution in [0.2, 0.25) is 0 Å². The highest BCUT2D eigenvalue weighted by Crippen LogP contribution is 2.09. The molecule has 0 saturated carbocycles. The monoisotopic (exact) mass is 343 g/mol. The van der Waals surface area contributed by atoms with Crippen LogP contribution in [-0.4, -0.2) is 17.6 Å². The van der Waals surface area contributed by atoms with Crippen LogP contribution in [0.25, 0.3) is 0 Å². The molecule has 0 saturated heterocycles. The topological polar surface area (TPSA) is 53.2 Å². The first-order valence-electron chi connectivity index (χ1n) is 7.73. The summed E-state index contributed by atoms with van der Waals surface area (Å²) in [5, 5.41) is 3.29. The molecule has 0 unspecified atom stereocenters. The molecule has 0 aliphatic rings. The van der Waals surface area contributed by atoms with E-state index in [0.717, 1.165) is 18.6 Å². The average molecular weight is 343 g/mol. The second-order valence-corrected chi connectivity index (χ2v) is 5.93. The van der Waals surface area contributed by atoms with Crippen LogP contribution in [0.3, 0.4) is 0 Å². The largest absolute Gasteiger partial charge is 0.361 e. The molecule has 0 heterocycles. The van der Waals surface area contributed by atoms with Gasteiger partial charge in [-0.2, -0.15) is 0 Å². The molecular weight excluding hydrogens is 320 g/mol. The molecule has 0 aliphatic heterocycles. The van der Waals surface area contributed by atoms with Crippen LogP contribution >= 0.6 is 12.2 Å². The molecule has 0 radical (unpaired) electrons. The third-order valence-corrected chi connectivity index (χ3v) is 3.63. The molecule has 0 fully saturated rings. The predicted octanol–water partition coefficient (Wildman–Crippen LogP) is 3.29. The molecule has 1 aromatic carbocycles. The van der Waals surface area contributed by atoms with Gasteiger partial charge in [0.1, 0.15) is 0 Å². The molecule has 0 aromatic heterocycles. The Morgan fingerprint density at radius 3 is 2.61 bits per heavy atom. The molecule has 0 aliphatic carbocycles. The number of hydrazine groups is 1. The summed E-state index contributed by atoms with van der Waals surface area (Å²) in [5.41, 5.74) is 4.89. The number of nitrogens with one attached hydrogen (secondary N) is 3. The lowest BCUT2D eigenvalue weighted by molar-refractivity contribution is 0.0943. The Hall–Kier alpha value is -1.76.